The summed E-state index contributed by atoms with van der Waals surface area (Å²) in [4.78, 5) is 0. The zero-order chi connectivity index (χ0) is 9.26. The maximum Gasteiger partial charge on any atom is 0.0610 e. The lowest BCUT2D eigenvalue weighted by atomic mass is 10.2. The van der Waals surface area contributed by atoms with Crippen LogP contribution in [-0.2, 0) is 0 Å². The molecule has 0 spiro atoms. The molecule has 13 heavy (non-hydrogen) atoms. The monoisotopic (exact) mass is 192 g/mol. The van der Waals surface area contributed by atoms with Crippen LogP contribution >= 0.6 is 11.5 Å². The average molecular weight is 192 g/mol. The van der Waals surface area contributed by atoms with Gasteiger partial charge in [-0.05, 0) is 37.5 Å². The lowest BCUT2D eigenvalue weighted by Gasteiger charge is -2.04. The molecule has 0 radical (unpaired) electrons. The molecule has 3 heteroatoms. The number of nitrogens with zero attached hydrogens (tertiary/aromatic N) is 1. The molecule has 68 valence electrons. The highest BCUT2D eigenvalue weighted by atomic mass is 32.1. The largest absolute Gasteiger partial charge is 0.385 e. The summed E-state index contributed by atoms with van der Waals surface area (Å²) < 4.78 is 5.60. The van der Waals surface area contributed by atoms with Gasteiger partial charge in [0.15, 0.2) is 0 Å². The molecule has 0 aliphatic rings. The lowest BCUT2D eigenvalue weighted by molar-refractivity contribution is 1.22. The van der Waals surface area contributed by atoms with Gasteiger partial charge in [-0.2, -0.15) is 4.37 Å². The Morgan fingerprint density at radius 3 is 3.08 bits per heavy atom. The van der Waals surface area contributed by atoms with Gasteiger partial charge in [-0.3, -0.25) is 0 Å². The number of aryl methyl sites for hydroxylation is 1. The summed E-state index contributed by atoms with van der Waals surface area (Å²) in [6.45, 7) is 5.11. The third-order valence-corrected chi connectivity index (χ3v) is 2.94. The number of hydrogen-bond acceptors (Lipinski definition) is 3. The standard InChI is InChI=1S/C10H12N2S/c1-3-11-8-5-4-6-9-10(8)7(2)12-13-9/h4-6,11H,3H2,1-2H3. The van der Waals surface area contributed by atoms with E-state index in [0.29, 0.717) is 0 Å². The second kappa shape index (κ2) is 3.34. The summed E-state index contributed by atoms with van der Waals surface area (Å²) in [5.41, 5.74) is 2.32. The molecule has 0 bridgehead atoms. The number of aromatic nitrogens is 1. The van der Waals surface area contributed by atoms with Gasteiger partial charge in [0.1, 0.15) is 0 Å². The number of hydrogen-bond donors (Lipinski definition) is 1. The molecular weight excluding hydrogens is 180 g/mol. The maximum atomic E-state index is 4.34. The maximum absolute atomic E-state index is 4.34. The zero-order valence-electron chi connectivity index (χ0n) is 7.79. The third-order valence-electron chi connectivity index (χ3n) is 2.04. The molecule has 1 heterocycles. The van der Waals surface area contributed by atoms with Gasteiger partial charge >= 0.3 is 0 Å². The van der Waals surface area contributed by atoms with Crippen molar-refractivity contribution < 1.29 is 0 Å². The topological polar surface area (TPSA) is 24.9 Å². The van der Waals surface area contributed by atoms with Crippen LogP contribution in [-0.4, -0.2) is 10.9 Å². The first-order valence-electron chi connectivity index (χ1n) is 4.41. The van der Waals surface area contributed by atoms with Crippen LogP contribution in [0.5, 0.6) is 0 Å². The third kappa shape index (κ3) is 1.40. The van der Waals surface area contributed by atoms with E-state index in [2.05, 4.69) is 41.7 Å². The fourth-order valence-electron chi connectivity index (χ4n) is 1.48. The number of anilines is 1. The van der Waals surface area contributed by atoms with Crippen LogP contribution in [0.1, 0.15) is 12.6 Å². The highest BCUT2D eigenvalue weighted by Gasteiger charge is 2.05. The van der Waals surface area contributed by atoms with E-state index in [9.17, 15) is 0 Å². The Labute approximate surface area is 81.8 Å². The molecule has 0 unspecified atom stereocenters. The summed E-state index contributed by atoms with van der Waals surface area (Å²) >= 11 is 1.56. The number of rotatable bonds is 2. The highest BCUT2D eigenvalue weighted by Crippen LogP contribution is 2.28. The molecular formula is C10H12N2S. The van der Waals surface area contributed by atoms with Gasteiger partial charge < -0.3 is 5.32 Å². The first-order chi connectivity index (χ1) is 6.33. The van der Waals surface area contributed by atoms with Crippen LogP contribution in [0, 0.1) is 6.92 Å². The van der Waals surface area contributed by atoms with Crippen LogP contribution in [0.15, 0.2) is 18.2 Å². The predicted molar refractivity (Wildman–Crippen MR) is 58.5 cm³/mol. The summed E-state index contributed by atoms with van der Waals surface area (Å²) in [6, 6.07) is 6.28. The molecule has 2 aromatic rings. The van der Waals surface area contributed by atoms with E-state index in [4.69, 9.17) is 0 Å². The van der Waals surface area contributed by atoms with E-state index in [1.165, 1.54) is 15.8 Å². The molecule has 0 atom stereocenters. The van der Waals surface area contributed by atoms with E-state index in [1.54, 1.807) is 11.5 Å². The Morgan fingerprint density at radius 1 is 1.46 bits per heavy atom. The van der Waals surface area contributed by atoms with Crippen molar-refractivity contribution in [3.05, 3.63) is 23.9 Å². The molecule has 1 aromatic carbocycles. The fraction of sp³-hybridized carbons (Fsp3) is 0.300. The molecule has 0 saturated heterocycles. The second-order valence-electron chi connectivity index (χ2n) is 2.98. The normalized spacial score (nSPS) is 10.6. The van der Waals surface area contributed by atoms with Crippen molar-refractivity contribution in [1.29, 1.82) is 0 Å². The van der Waals surface area contributed by atoms with E-state index < -0.39 is 0 Å². The molecule has 2 nitrogen and oxygen atoms in total. The van der Waals surface area contributed by atoms with Crippen molar-refractivity contribution in [1.82, 2.24) is 4.37 Å². The molecule has 0 amide bonds. The molecule has 2 rings (SSSR count). The van der Waals surface area contributed by atoms with E-state index in [-0.39, 0.29) is 0 Å². The second-order valence-corrected chi connectivity index (χ2v) is 3.78. The van der Waals surface area contributed by atoms with Crippen LogP contribution in [0.4, 0.5) is 5.69 Å². The Morgan fingerprint density at radius 2 is 2.31 bits per heavy atom. The minimum Gasteiger partial charge on any atom is -0.385 e. The predicted octanol–water partition coefficient (Wildman–Crippen LogP) is 3.04. The molecule has 1 N–H and O–H groups in total. The molecule has 0 fully saturated rings. The van der Waals surface area contributed by atoms with E-state index in [1.807, 2.05) is 0 Å². The van der Waals surface area contributed by atoms with Gasteiger partial charge in [0.25, 0.3) is 0 Å². The van der Waals surface area contributed by atoms with Crippen molar-refractivity contribution in [2.45, 2.75) is 13.8 Å². The van der Waals surface area contributed by atoms with Crippen molar-refractivity contribution in [3.63, 3.8) is 0 Å². The molecule has 0 saturated carbocycles. The summed E-state index contributed by atoms with van der Waals surface area (Å²) in [5.74, 6) is 0. The van der Waals surface area contributed by atoms with Crippen LogP contribution in [0.3, 0.4) is 0 Å². The van der Waals surface area contributed by atoms with Crippen molar-refractivity contribution in [2.24, 2.45) is 0 Å². The van der Waals surface area contributed by atoms with Crippen LogP contribution in [0.25, 0.3) is 10.1 Å². The van der Waals surface area contributed by atoms with Gasteiger partial charge in [-0.15, -0.1) is 0 Å². The van der Waals surface area contributed by atoms with E-state index >= 15 is 0 Å². The van der Waals surface area contributed by atoms with Crippen molar-refractivity contribution in [3.8, 4) is 0 Å². The van der Waals surface area contributed by atoms with Crippen molar-refractivity contribution >= 4 is 27.3 Å². The molecule has 0 aliphatic carbocycles. The summed E-state index contributed by atoms with van der Waals surface area (Å²) in [5, 5.41) is 4.62. The summed E-state index contributed by atoms with van der Waals surface area (Å²) in [7, 11) is 0. The van der Waals surface area contributed by atoms with Crippen molar-refractivity contribution in [2.75, 3.05) is 11.9 Å². The lowest BCUT2D eigenvalue weighted by Crippen LogP contribution is -1.96. The zero-order valence-corrected chi connectivity index (χ0v) is 8.61. The molecule has 0 aliphatic heterocycles. The van der Waals surface area contributed by atoms with Gasteiger partial charge in [-0.25, -0.2) is 0 Å². The minimum atomic E-state index is 0.953. The smallest absolute Gasteiger partial charge is 0.0610 e. The Balaban J connectivity index is 2.65. The Kier molecular flexibility index (Phi) is 2.19. The summed E-state index contributed by atoms with van der Waals surface area (Å²) in [6.07, 6.45) is 0. The Bertz CT molecular complexity index is 420. The number of fused-ring (bicyclic) bond motifs is 1. The first kappa shape index (κ1) is 8.51. The fourth-order valence-corrected chi connectivity index (χ4v) is 2.30. The number of nitrogens with one attached hydrogen (secondary N) is 1. The van der Waals surface area contributed by atoms with Gasteiger partial charge in [0.2, 0.25) is 0 Å². The van der Waals surface area contributed by atoms with Gasteiger partial charge in [0.05, 0.1) is 10.4 Å². The molecule has 1 aromatic heterocycles. The van der Waals surface area contributed by atoms with Gasteiger partial charge in [0, 0.05) is 17.6 Å². The van der Waals surface area contributed by atoms with Crippen LogP contribution < -0.4 is 5.32 Å². The highest BCUT2D eigenvalue weighted by molar-refractivity contribution is 7.13. The Hall–Kier alpha value is -1.09. The average Bonchev–Trinajstić information content (AvgIpc) is 2.50. The quantitative estimate of drug-likeness (QED) is 0.791. The minimum absolute atomic E-state index is 0.953. The SMILES string of the molecule is CCNc1cccc2snc(C)c12. The first-order valence-corrected chi connectivity index (χ1v) is 5.19. The van der Waals surface area contributed by atoms with E-state index in [0.717, 1.165) is 12.2 Å². The number of benzene rings is 1. The van der Waals surface area contributed by atoms with Crippen LogP contribution in [0.2, 0.25) is 0 Å². The van der Waals surface area contributed by atoms with Gasteiger partial charge in [-0.1, -0.05) is 6.07 Å².